The minimum absolute atomic E-state index is 0.105. The van der Waals surface area contributed by atoms with Gasteiger partial charge in [0.15, 0.2) is 0 Å². The fourth-order valence-electron chi connectivity index (χ4n) is 5.46. The fraction of sp³-hybridized carbons (Fsp3) is 0.406. The van der Waals surface area contributed by atoms with Gasteiger partial charge in [0.25, 0.3) is 0 Å². The van der Waals surface area contributed by atoms with Gasteiger partial charge in [-0.1, -0.05) is 36.4 Å². The standard InChI is InChI=1S/C32H44N6O4S/c1-22-11-12-24(19-25(22)21-38-16-15-36(5)28-9-7-8-10-30(28)43(38,40)41)27(20-31(39)42-18-17-35(3)4)26-13-14-29(37(6)34)32(33)23(26)2/h7-14,19,27H,15-18,20-21,33-34H2,1-6H3. The highest BCUT2D eigenvalue weighted by Gasteiger charge is 2.32. The fourth-order valence-corrected chi connectivity index (χ4v) is 7.10. The highest BCUT2D eigenvalue weighted by molar-refractivity contribution is 7.89. The molecule has 1 unspecified atom stereocenters. The molecule has 0 amide bonds. The predicted octanol–water partition coefficient (Wildman–Crippen LogP) is 3.46. The lowest BCUT2D eigenvalue weighted by Gasteiger charge is -2.25. The molecule has 1 atom stereocenters. The van der Waals surface area contributed by atoms with Crippen molar-refractivity contribution in [3.63, 3.8) is 0 Å². The molecule has 4 N–H and O–H groups in total. The van der Waals surface area contributed by atoms with E-state index in [0.29, 0.717) is 48.2 Å². The number of likely N-dealkylation sites (N-methyl/N-ethyl adjacent to an activating group) is 2. The van der Waals surface area contributed by atoms with Crippen molar-refractivity contribution in [1.29, 1.82) is 0 Å². The first-order valence-electron chi connectivity index (χ1n) is 14.4. The molecule has 0 aliphatic carbocycles. The number of nitrogens with zero attached hydrogens (tertiary/aromatic N) is 4. The van der Waals surface area contributed by atoms with Crippen LogP contribution in [-0.2, 0) is 26.1 Å². The van der Waals surface area contributed by atoms with Crippen LogP contribution in [0.5, 0.6) is 0 Å². The van der Waals surface area contributed by atoms with Crippen molar-refractivity contribution >= 4 is 33.1 Å². The summed E-state index contributed by atoms with van der Waals surface area (Å²) in [5, 5.41) is 1.47. The lowest BCUT2D eigenvalue weighted by Crippen LogP contribution is -2.33. The summed E-state index contributed by atoms with van der Waals surface area (Å²) >= 11 is 0. The smallest absolute Gasteiger partial charge is 0.306 e. The Balaban J connectivity index is 1.72. The third kappa shape index (κ3) is 7.13. The van der Waals surface area contributed by atoms with Crippen LogP contribution >= 0.6 is 0 Å². The van der Waals surface area contributed by atoms with Crippen LogP contribution in [-0.4, -0.2) is 78.0 Å². The van der Waals surface area contributed by atoms with E-state index in [2.05, 4.69) is 0 Å². The Labute approximate surface area is 255 Å². The summed E-state index contributed by atoms with van der Waals surface area (Å²) < 4.78 is 34.7. The number of nitrogen functional groups attached to an aromatic ring is 1. The van der Waals surface area contributed by atoms with Crippen molar-refractivity contribution < 1.29 is 17.9 Å². The summed E-state index contributed by atoms with van der Waals surface area (Å²) in [6.07, 6.45) is 0.105. The van der Waals surface area contributed by atoms with E-state index in [1.807, 2.05) is 87.3 Å². The first kappa shape index (κ1) is 32.3. The normalized spacial score (nSPS) is 15.6. The molecule has 1 aliphatic heterocycles. The number of fused-ring (bicyclic) bond motifs is 1. The molecule has 0 aromatic heterocycles. The monoisotopic (exact) mass is 608 g/mol. The average molecular weight is 609 g/mol. The van der Waals surface area contributed by atoms with E-state index in [4.69, 9.17) is 16.3 Å². The first-order chi connectivity index (χ1) is 20.3. The van der Waals surface area contributed by atoms with Crippen LogP contribution in [0.2, 0.25) is 0 Å². The minimum Gasteiger partial charge on any atom is -0.464 e. The van der Waals surface area contributed by atoms with Gasteiger partial charge in [0, 0.05) is 46.2 Å². The van der Waals surface area contributed by atoms with E-state index < -0.39 is 10.0 Å². The number of hydrazine groups is 1. The topological polar surface area (TPSA) is 125 Å². The van der Waals surface area contributed by atoms with Gasteiger partial charge >= 0.3 is 5.97 Å². The minimum atomic E-state index is -3.73. The third-order valence-electron chi connectivity index (χ3n) is 8.16. The Kier molecular flexibility index (Phi) is 10.0. The lowest BCUT2D eigenvalue weighted by atomic mass is 9.84. The van der Waals surface area contributed by atoms with Crippen molar-refractivity contribution in [2.45, 2.75) is 37.6 Å². The largest absolute Gasteiger partial charge is 0.464 e. The average Bonchev–Trinajstić information content (AvgIpc) is 3.04. The van der Waals surface area contributed by atoms with E-state index in [9.17, 15) is 13.2 Å². The Morgan fingerprint density at radius 3 is 2.47 bits per heavy atom. The van der Waals surface area contributed by atoms with E-state index in [1.54, 1.807) is 23.5 Å². The Bertz CT molecular complexity index is 1570. The van der Waals surface area contributed by atoms with Crippen molar-refractivity contribution in [3.05, 3.63) is 82.4 Å². The number of rotatable bonds is 10. The summed E-state index contributed by atoms with van der Waals surface area (Å²) in [7, 11) is 3.75. The molecule has 3 aromatic rings. The number of ether oxygens (including phenoxy) is 1. The number of benzene rings is 3. The van der Waals surface area contributed by atoms with Gasteiger partial charge in [0.2, 0.25) is 10.0 Å². The van der Waals surface area contributed by atoms with E-state index >= 15 is 0 Å². The predicted molar refractivity (Wildman–Crippen MR) is 173 cm³/mol. The van der Waals surface area contributed by atoms with Crippen LogP contribution < -0.4 is 21.5 Å². The van der Waals surface area contributed by atoms with Gasteiger partial charge in [-0.3, -0.25) is 4.79 Å². The molecule has 0 spiro atoms. The number of sulfonamides is 1. The zero-order valence-corrected chi connectivity index (χ0v) is 26.8. The number of carbonyl (C=O) groups is 1. The molecular weight excluding hydrogens is 564 g/mol. The van der Waals surface area contributed by atoms with Crippen LogP contribution in [0.4, 0.5) is 17.1 Å². The number of carbonyl (C=O) groups excluding carboxylic acids is 1. The zero-order valence-electron chi connectivity index (χ0n) is 26.0. The van der Waals surface area contributed by atoms with Crippen LogP contribution in [0.3, 0.4) is 0 Å². The molecule has 10 nitrogen and oxygen atoms in total. The summed E-state index contributed by atoms with van der Waals surface area (Å²) in [6, 6.07) is 16.9. The summed E-state index contributed by atoms with van der Waals surface area (Å²) in [6.45, 7) is 5.94. The van der Waals surface area contributed by atoms with Crippen LogP contribution in [0.15, 0.2) is 59.5 Å². The maximum absolute atomic E-state index is 13.8. The second-order valence-corrected chi connectivity index (χ2v) is 13.4. The summed E-state index contributed by atoms with van der Waals surface area (Å²) in [5.41, 5.74) is 12.9. The zero-order chi connectivity index (χ0) is 31.5. The summed E-state index contributed by atoms with van der Waals surface area (Å²) in [4.78, 5) is 17.3. The number of hydrogen-bond donors (Lipinski definition) is 2. The Hall–Kier alpha value is -3.64. The molecule has 0 saturated carbocycles. The molecule has 0 radical (unpaired) electrons. The van der Waals surface area contributed by atoms with Gasteiger partial charge in [0.1, 0.15) is 11.5 Å². The number of esters is 1. The Morgan fingerprint density at radius 2 is 1.77 bits per heavy atom. The quantitative estimate of drug-likeness (QED) is 0.154. The van der Waals surface area contributed by atoms with E-state index in [1.165, 1.54) is 5.01 Å². The maximum Gasteiger partial charge on any atom is 0.306 e. The van der Waals surface area contributed by atoms with Gasteiger partial charge in [-0.2, -0.15) is 4.31 Å². The lowest BCUT2D eigenvalue weighted by molar-refractivity contribution is -0.144. The van der Waals surface area contributed by atoms with E-state index in [-0.39, 0.29) is 24.9 Å². The van der Waals surface area contributed by atoms with Crippen molar-refractivity contribution in [1.82, 2.24) is 9.21 Å². The van der Waals surface area contributed by atoms with Crippen LogP contribution in [0, 0.1) is 13.8 Å². The molecule has 1 heterocycles. The molecule has 43 heavy (non-hydrogen) atoms. The number of para-hydroxylation sites is 1. The van der Waals surface area contributed by atoms with Gasteiger partial charge in [-0.25, -0.2) is 14.3 Å². The molecule has 0 saturated heterocycles. The first-order valence-corrected chi connectivity index (χ1v) is 15.8. The van der Waals surface area contributed by atoms with Crippen molar-refractivity contribution in [2.75, 3.05) is 70.1 Å². The maximum atomic E-state index is 13.8. The highest BCUT2D eigenvalue weighted by atomic mass is 32.2. The molecule has 0 bridgehead atoms. The van der Waals surface area contributed by atoms with Gasteiger partial charge in [-0.15, -0.1) is 0 Å². The Morgan fingerprint density at radius 1 is 1.05 bits per heavy atom. The number of anilines is 3. The second-order valence-electron chi connectivity index (χ2n) is 11.5. The summed E-state index contributed by atoms with van der Waals surface area (Å²) in [5.74, 6) is 5.32. The number of hydrogen-bond acceptors (Lipinski definition) is 9. The van der Waals surface area contributed by atoms with Crippen molar-refractivity contribution in [2.24, 2.45) is 5.84 Å². The highest BCUT2D eigenvalue weighted by Crippen LogP contribution is 2.38. The number of aryl methyl sites for hydroxylation is 1. The molecule has 232 valence electrons. The second kappa shape index (κ2) is 13.3. The molecule has 3 aromatic carbocycles. The SMILES string of the molecule is Cc1ccc(C(CC(=O)OCCN(C)C)c2ccc(N(C)N)c(N)c2C)cc1CN1CCN(C)c2ccccc2S1(=O)=O. The van der Waals surface area contributed by atoms with Gasteiger partial charge in [-0.05, 0) is 74.0 Å². The molecular formula is C32H44N6O4S. The van der Waals surface area contributed by atoms with Crippen molar-refractivity contribution in [3.8, 4) is 0 Å². The van der Waals surface area contributed by atoms with Gasteiger partial charge in [0.05, 0.1) is 23.5 Å². The molecule has 1 aliphatic rings. The van der Waals surface area contributed by atoms with Gasteiger partial charge < -0.3 is 25.3 Å². The molecule has 4 rings (SSSR count). The van der Waals surface area contributed by atoms with E-state index in [0.717, 1.165) is 27.8 Å². The van der Waals surface area contributed by atoms with Crippen LogP contribution in [0.25, 0.3) is 0 Å². The molecule has 11 heteroatoms. The third-order valence-corrected chi connectivity index (χ3v) is 10.1. The van der Waals surface area contributed by atoms with Crippen LogP contribution in [0.1, 0.15) is 40.2 Å². The number of nitrogens with two attached hydrogens (primary N) is 2. The molecule has 0 fully saturated rings.